The zero-order valence-electron chi connectivity index (χ0n) is 10.3. The number of carbonyl (C=O) groups excluding carboxylic acids is 1. The maximum Gasteiger partial charge on any atom is 0.340 e. The lowest BCUT2D eigenvalue weighted by Crippen LogP contribution is -2.26. The van der Waals surface area contributed by atoms with E-state index < -0.39 is 0 Å². The van der Waals surface area contributed by atoms with Crippen LogP contribution in [0.15, 0.2) is 18.2 Å². The van der Waals surface area contributed by atoms with Gasteiger partial charge in [-0.05, 0) is 31.9 Å². The van der Waals surface area contributed by atoms with Gasteiger partial charge in [0, 0.05) is 12.6 Å². The van der Waals surface area contributed by atoms with Crippen LogP contribution in [0.3, 0.4) is 0 Å². The summed E-state index contributed by atoms with van der Waals surface area (Å²) < 4.78 is 4.72. The maximum atomic E-state index is 11.6. The van der Waals surface area contributed by atoms with Crippen LogP contribution in [0.1, 0.15) is 30.1 Å². The van der Waals surface area contributed by atoms with Crippen molar-refractivity contribution in [1.82, 2.24) is 0 Å². The normalized spacial score (nSPS) is 14.5. The minimum Gasteiger partial charge on any atom is -0.465 e. The zero-order chi connectivity index (χ0) is 12.4. The minimum atomic E-state index is -0.379. The number of benzene rings is 1. The predicted molar refractivity (Wildman–Crippen MR) is 68.2 cm³/mol. The van der Waals surface area contributed by atoms with E-state index in [1.165, 1.54) is 20.0 Å². The van der Waals surface area contributed by atoms with E-state index in [0.717, 1.165) is 12.2 Å². The lowest BCUT2D eigenvalue weighted by atomic mass is 10.1. The Bertz CT molecular complexity index is 427. The molecular weight excluding hydrogens is 216 g/mol. The van der Waals surface area contributed by atoms with Crippen molar-refractivity contribution in [3.8, 4) is 0 Å². The highest BCUT2D eigenvalue weighted by molar-refractivity contribution is 5.98. The molecule has 0 bridgehead atoms. The van der Waals surface area contributed by atoms with Crippen molar-refractivity contribution in [3.63, 3.8) is 0 Å². The van der Waals surface area contributed by atoms with E-state index in [9.17, 15) is 4.79 Å². The number of anilines is 2. The van der Waals surface area contributed by atoms with Crippen molar-refractivity contribution in [3.05, 3.63) is 23.8 Å². The van der Waals surface area contributed by atoms with E-state index in [-0.39, 0.29) is 5.97 Å². The van der Waals surface area contributed by atoms with Crippen LogP contribution in [0.2, 0.25) is 0 Å². The molecule has 0 spiro atoms. The fraction of sp³-hybridized carbons (Fsp3) is 0.462. The highest BCUT2D eigenvalue weighted by atomic mass is 16.5. The summed E-state index contributed by atoms with van der Waals surface area (Å²) in [6, 6.07) is 6.09. The molecule has 0 aliphatic heterocycles. The lowest BCUT2D eigenvalue weighted by molar-refractivity contribution is 0.0602. The van der Waals surface area contributed by atoms with E-state index in [0.29, 0.717) is 17.3 Å². The number of rotatable bonds is 4. The molecule has 1 fully saturated rings. The monoisotopic (exact) mass is 234 g/mol. The first kappa shape index (κ1) is 11.8. The van der Waals surface area contributed by atoms with Crippen LogP contribution in [0, 0.1) is 0 Å². The smallest absolute Gasteiger partial charge is 0.340 e. The van der Waals surface area contributed by atoms with E-state index in [1.807, 2.05) is 12.1 Å². The van der Waals surface area contributed by atoms with Gasteiger partial charge < -0.3 is 15.4 Å². The number of nitrogens with two attached hydrogens (primary N) is 1. The molecule has 92 valence electrons. The number of methoxy groups -OCH3 is 1. The summed E-state index contributed by atoms with van der Waals surface area (Å²) in [6.07, 6.45) is 2.41. The number of carbonyl (C=O) groups is 1. The molecule has 4 nitrogen and oxygen atoms in total. The van der Waals surface area contributed by atoms with Gasteiger partial charge in [-0.1, -0.05) is 6.07 Å². The Morgan fingerprint density at radius 2 is 2.24 bits per heavy atom. The third kappa shape index (κ3) is 2.20. The van der Waals surface area contributed by atoms with Gasteiger partial charge in [0.15, 0.2) is 0 Å². The molecule has 0 radical (unpaired) electrons. The highest BCUT2D eigenvalue weighted by Gasteiger charge is 2.29. The molecule has 4 heteroatoms. The fourth-order valence-electron chi connectivity index (χ4n) is 2.10. The van der Waals surface area contributed by atoms with Crippen LogP contribution >= 0.6 is 0 Å². The molecule has 0 heterocycles. The van der Waals surface area contributed by atoms with Crippen LogP contribution in [0.25, 0.3) is 0 Å². The number of ether oxygens (including phenoxy) is 1. The van der Waals surface area contributed by atoms with E-state index >= 15 is 0 Å². The average molecular weight is 234 g/mol. The van der Waals surface area contributed by atoms with Crippen LogP contribution < -0.4 is 10.6 Å². The topological polar surface area (TPSA) is 55.6 Å². The molecule has 1 aliphatic carbocycles. The molecule has 0 aromatic heterocycles. The summed E-state index contributed by atoms with van der Waals surface area (Å²) in [4.78, 5) is 13.8. The third-order valence-corrected chi connectivity index (χ3v) is 3.13. The number of nitrogen functional groups attached to an aromatic ring is 1. The maximum absolute atomic E-state index is 11.6. The molecule has 1 saturated carbocycles. The lowest BCUT2D eigenvalue weighted by Gasteiger charge is -2.25. The van der Waals surface area contributed by atoms with Gasteiger partial charge in [-0.3, -0.25) is 0 Å². The van der Waals surface area contributed by atoms with Crippen molar-refractivity contribution >= 4 is 17.3 Å². The van der Waals surface area contributed by atoms with Crippen molar-refractivity contribution in [2.75, 3.05) is 24.3 Å². The molecule has 1 aliphatic rings. The molecule has 1 aromatic carbocycles. The molecule has 2 N–H and O–H groups in total. The van der Waals surface area contributed by atoms with E-state index in [1.54, 1.807) is 6.07 Å². The van der Waals surface area contributed by atoms with Gasteiger partial charge in [-0.15, -0.1) is 0 Å². The molecule has 17 heavy (non-hydrogen) atoms. The molecular formula is C13H18N2O2. The van der Waals surface area contributed by atoms with Crippen molar-refractivity contribution in [2.45, 2.75) is 25.8 Å². The van der Waals surface area contributed by atoms with Crippen LogP contribution in [-0.2, 0) is 4.74 Å². The summed E-state index contributed by atoms with van der Waals surface area (Å²) >= 11 is 0. The summed E-state index contributed by atoms with van der Waals surface area (Å²) in [7, 11) is 1.37. The Labute approximate surface area is 101 Å². The second-order valence-corrected chi connectivity index (χ2v) is 4.25. The Kier molecular flexibility index (Phi) is 3.22. The number of para-hydroxylation sites is 1. The van der Waals surface area contributed by atoms with Crippen LogP contribution in [0.5, 0.6) is 0 Å². The molecule has 0 unspecified atom stereocenters. The number of nitrogens with zero attached hydrogens (tertiary/aromatic N) is 1. The third-order valence-electron chi connectivity index (χ3n) is 3.13. The molecule has 0 amide bonds. The van der Waals surface area contributed by atoms with Crippen molar-refractivity contribution in [1.29, 1.82) is 0 Å². The quantitative estimate of drug-likeness (QED) is 0.640. The first-order valence-electron chi connectivity index (χ1n) is 5.92. The molecule has 1 aromatic rings. The fourth-order valence-corrected chi connectivity index (χ4v) is 2.10. The predicted octanol–water partition coefficient (Wildman–Crippen LogP) is 2.04. The van der Waals surface area contributed by atoms with Crippen molar-refractivity contribution < 1.29 is 9.53 Å². The first-order valence-corrected chi connectivity index (χ1v) is 5.92. The van der Waals surface area contributed by atoms with Crippen LogP contribution in [-0.4, -0.2) is 25.7 Å². The summed E-state index contributed by atoms with van der Waals surface area (Å²) in [6.45, 7) is 3.00. The second-order valence-electron chi connectivity index (χ2n) is 4.25. The largest absolute Gasteiger partial charge is 0.465 e. The minimum absolute atomic E-state index is 0.379. The zero-order valence-corrected chi connectivity index (χ0v) is 10.3. The van der Waals surface area contributed by atoms with Gasteiger partial charge in [-0.25, -0.2) is 4.79 Å². The van der Waals surface area contributed by atoms with Gasteiger partial charge in [0.05, 0.1) is 24.0 Å². The number of esters is 1. The van der Waals surface area contributed by atoms with Crippen LogP contribution in [0.4, 0.5) is 11.4 Å². The Hall–Kier alpha value is -1.71. The highest BCUT2D eigenvalue weighted by Crippen LogP contribution is 2.35. The first-order chi connectivity index (χ1) is 8.19. The Morgan fingerprint density at radius 3 is 2.76 bits per heavy atom. The number of hydrogen-bond donors (Lipinski definition) is 1. The molecule has 2 rings (SSSR count). The SMILES string of the molecule is CCN(c1cccc(C(=O)OC)c1N)C1CC1. The molecule has 0 saturated heterocycles. The standard InChI is InChI=1S/C13H18N2O2/c1-3-15(9-7-8-9)11-6-4-5-10(12(11)14)13(16)17-2/h4-6,9H,3,7-8,14H2,1-2H3. The van der Waals surface area contributed by atoms with Gasteiger partial charge >= 0.3 is 5.97 Å². The Morgan fingerprint density at radius 1 is 1.53 bits per heavy atom. The summed E-state index contributed by atoms with van der Waals surface area (Å²) in [5, 5.41) is 0. The average Bonchev–Trinajstić information content (AvgIpc) is 3.16. The summed E-state index contributed by atoms with van der Waals surface area (Å²) in [5.74, 6) is -0.379. The molecule has 0 atom stereocenters. The van der Waals surface area contributed by atoms with Crippen molar-refractivity contribution in [2.24, 2.45) is 0 Å². The van der Waals surface area contributed by atoms with Gasteiger partial charge in [0.1, 0.15) is 0 Å². The van der Waals surface area contributed by atoms with Gasteiger partial charge in [0.2, 0.25) is 0 Å². The van der Waals surface area contributed by atoms with Gasteiger partial charge in [0.25, 0.3) is 0 Å². The number of hydrogen-bond acceptors (Lipinski definition) is 4. The Balaban J connectivity index is 2.37. The van der Waals surface area contributed by atoms with Gasteiger partial charge in [-0.2, -0.15) is 0 Å². The van der Waals surface area contributed by atoms with E-state index in [4.69, 9.17) is 10.5 Å². The summed E-state index contributed by atoms with van der Waals surface area (Å²) in [5.41, 5.74) is 7.97. The van der Waals surface area contributed by atoms with E-state index in [2.05, 4.69) is 11.8 Å². The second kappa shape index (κ2) is 4.65.